The van der Waals surface area contributed by atoms with Crippen LogP contribution in [0.4, 0.5) is 11.4 Å². The summed E-state index contributed by atoms with van der Waals surface area (Å²) in [7, 11) is 0. The van der Waals surface area contributed by atoms with Crippen molar-refractivity contribution in [2.24, 2.45) is 0 Å². The van der Waals surface area contributed by atoms with Gasteiger partial charge in [-0.25, -0.2) is 0 Å². The van der Waals surface area contributed by atoms with E-state index in [1.54, 1.807) is 45.0 Å². The first-order valence-electron chi connectivity index (χ1n) is 8.65. The summed E-state index contributed by atoms with van der Waals surface area (Å²) in [5, 5.41) is 6.58. The monoisotopic (exact) mass is 371 g/mol. The molecule has 142 valence electrons. The lowest BCUT2D eigenvalue weighted by molar-refractivity contribution is -0.147. The van der Waals surface area contributed by atoms with Crippen LogP contribution in [-0.4, -0.2) is 35.6 Å². The average Bonchev–Trinajstić information content (AvgIpc) is 2.86. The molecule has 0 unspecified atom stereocenters. The Kier molecular flexibility index (Phi) is 5.25. The molecule has 2 heterocycles. The van der Waals surface area contributed by atoms with Gasteiger partial charge < -0.3 is 19.5 Å². The molecule has 1 aromatic heterocycles. The first kappa shape index (κ1) is 18.6. The summed E-state index contributed by atoms with van der Waals surface area (Å²) >= 11 is 0. The molecule has 0 radical (unpaired) electrons. The number of aromatic nitrogens is 1. The Balaban J connectivity index is 1.70. The van der Waals surface area contributed by atoms with E-state index in [-0.39, 0.29) is 24.8 Å². The molecule has 3 rings (SSSR count). The molecule has 1 aliphatic rings. The van der Waals surface area contributed by atoms with Crippen molar-refractivity contribution in [3.63, 3.8) is 0 Å². The van der Waals surface area contributed by atoms with E-state index in [1.165, 1.54) is 4.90 Å². The van der Waals surface area contributed by atoms with E-state index in [1.807, 2.05) is 0 Å². The smallest absolute Gasteiger partial charge is 0.310 e. The Morgan fingerprint density at radius 2 is 2.07 bits per heavy atom. The van der Waals surface area contributed by atoms with E-state index in [0.29, 0.717) is 28.4 Å². The van der Waals surface area contributed by atoms with Crippen molar-refractivity contribution < 1.29 is 23.6 Å². The lowest BCUT2D eigenvalue weighted by Gasteiger charge is -2.27. The molecule has 0 saturated carbocycles. The first-order valence-corrected chi connectivity index (χ1v) is 8.65. The largest absolute Gasteiger partial charge is 0.455 e. The highest BCUT2D eigenvalue weighted by atomic mass is 16.5. The van der Waals surface area contributed by atoms with Crippen LogP contribution >= 0.6 is 0 Å². The molecule has 1 N–H and O–H groups in total. The van der Waals surface area contributed by atoms with Gasteiger partial charge in [-0.1, -0.05) is 17.3 Å². The van der Waals surface area contributed by atoms with Crippen molar-refractivity contribution in [3.8, 4) is 0 Å². The van der Waals surface area contributed by atoms with Gasteiger partial charge >= 0.3 is 5.97 Å². The van der Waals surface area contributed by atoms with Gasteiger partial charge in [-0.3, -0.25) is 14.4 Å². The third kappa shape index (κ3) is 3.99. The normalized spacial score (nSPS) is 16.3. The fourth-order valence-corrected chi connectivity index (χ4v) is 3.13. The lowest BCUT2D eigenvalue weighted by atomic mass is 10.1. The Labute approximate surface area is 156 Å². The van der Waals surface area contributed by atoms with Crippen LogP contribution in [0.2, 0.25) is 0 Å². The summed E-state index contributed by atoms with van der Waals surface area (Å²) in [4.78, 5) is 38.3. The maximum atomic E-state index is 12.8. The van der Waals surface area contributed by atoms with Gasteiger partial charge in [0.1, 0.15) is 5.76 Å². The van der Waals surface area contributed by atoms with Gasteiger partial charge in [0.15, 0.2) is 6.61 Å². The van der Waals surface area contributed by atoms with Gasteiger partial charge in [-0.05, 0) is 32.9 Å². The molecule has 2 amide bonds. The van der Waals surface area contributed by atoms with E-state index in [4.69, 9.17) is 9.26 Å². The fraction of sp³-hybridized carbons (Fsp3) is 0.368. The molecule has 2 aromatic rings. The number of anilines is 2. The number of nitrogens with one attached hydrogen (secondary N) is 1. The average molecular weight is 371 g/mol. The number of carbonyl (C=O) groups excluding carboxylic acids is 3. The number of esters is 1. The number of hydrogen-bond acceptors (Lipinski definition) is 6. The molecule has 1 atom stereocenters. The van der Waals surface area contributed by atoms with Crippen molar-refractivity contribution in [2.45, 2.75) is 39.7 Å². The number of fused-ring (bicyclic) bond motifs is 1. The van der Waals surface area contributed by atoms with Crippen LogP contribution in [0, 0.1) is 13.8 Å². The van der Waals surface area contributed by atoms with Crippen molar-refractivity contribution in [1.29, 1.82) is 0 Å². The van der Waals surface area contributed by atoms with Gasteiger partial charge in [0.2, 0.25) is 5.91 Å². The summed E-state index contributed by atoms with van der Waals surface area (Å²) in [6.07, 6.45) is 0.147. The van der Waals surface area contributed by atoms with Gasteiger partial charge in [0.25, 0.3) is 5.91 Å². The van der Waals surface area contributed by atoms with E-state index >= 15 is 0 Å². The van der Waals surface area contributed by atoms with Crippen LogP contribution in [-0.2, 0) is 25.5 Å². The number of hydrogen-bond donors (Lipinski definition) is 1. The number of rotatable bonds is 4. The topological polar surface area (TPSA) is 102 Å². The molecular formula is C19H21N3O5. The molecule has 1 aromatic carbocycles. The van der Waals surface area contributed by atoms with Crippen molar-refractivity contribution in [2.75, 3.05) is 16.8 Å². The SMILES string of the molecule is Cc1noc(C)c1CC(=O)OCC(=O)N1c2ccccc2NC(=O)C[C@H]1C. The standard InChI is InChI=1S/C19H21N3O5/c1-11-8-17(23)20-15-6-4-5-7-16(15)22(11)18(24)10-26-19(25)9-14-12(2)21-27-13(14)3/h4-7,11H,8-10H2,1-3H3,(H,20,23)/t11-/m1/s1. The van der Waals surface area contributed by atoms with Crippen LogP contribution in [0.15, 0.2) is 28.8 Å². The minimum atomic E-state index is -0.539. The molecule has 8 nitrogen and oxygen atoms in total. The molecule has 0 fully saturated rings. The van der Waals surface area contributed by atoms with Gasteiger partial charge in [-0.15, -0.1) is 0 Å². The fourth-order valence-electron chi connectivity index (χ4n) is 3.13. The van der Waals surface area contributed by atoms with Gasteiger partial charge in [0, 0.05) is 18.0 Å². The zero-order valence-electron chi connectivity index (χ0n) is 15.4. The van der Waals surface area contributed by atoms with Gasteiger partial charge in [0.05, 0.1) is 23.5 Å². The Morgan fingerprint density at radius 1 is 1.33 bits per heavy atom. The number of para-hydroxylation sites is 2. The zero-order valence-corrected chi connectivity index (χ0v) is 15.4. The molecule has 27 heavy (non-hydrogen) atoms. The van der Waals surface area contributed by atoms with Crippen LogP contribution in [0.3, 0.4) is 0 Å². The summed E-state index contributed by atoms with van der Waals surface area (Å²) in [6.45, 7) is 4.83. The second-order valence-corrected chi connectivity index (χ2v) is 6.52. The number of ether oxygens (including phenoxy) is 1. The van der Waals surface area contributed by atoms with E-state index in [9.17, 15) is 14.4 Å². The highest BCUT2D eigenvalue weighted by Crippen LogP contribution is 2.31. The molecule has 0 spiro atoms. The quantitative estimate of drug-likeness (QED) is 0.826. The maximum Gasteiger partial charge on any atom is 0.310 e. The first-order chi connectivity index (χ1) is 12.9. The minimum absolute atomic E-state index is 0.0133. The van der Waals surface area contributed by atoms with E-state index in [2.05, 4.69) is 10.5 Å². The Hall–Kier alpha value is -3.16. The van der Waals surface area contributed by atoms with Crippen LogP contribution in [0.5, 0.6) is 0 Å². The third-order valence-corrected chi connectivity index (χ3v) is 4.49. The zero-order chi connectivity index (χ0) is 19.6. The summed E-state index contributed by atoms with van der Waals surface area (Å²) in [5.41, 5.74) is 2.43. The molecule has 8 heteroatoms. The second kappa shape index (κ2) is 7.61. The summed E-state index contributed by atoms with van der Waals surface area (Å²) < 4.78 is 10.2. The Morgan fingerprint density at radius 3 is 2.78 bits per heavy atom. The number of benzene rings is 1. The van der Waals surface area contributed by atoms with Crippen molar-refractivity contribution in [3.05, 3.63) is 41.3 Å². The molecule has 0 bridgehead atoms. The number of amides is 2. The second-order valence-electron chi connectivity index (χ2n) is 6.52. The van der Waals surface area contributed by atoms with Crippen LogP contribution in [0.1, 0.15) is 30.4 Å². The van der Waals surface area contributed by atoms with Crippen LogP contribution in [0.25, 0.3) is 0 Å². The highest BCUT2D eigenvalue weighted by Gasteiger charge is 2.30. The predicted molar refractivity (Wildman–Crippen MR) is 97.3 cm³/mol. The Bertz CT molecular complexity index is 870. The number of carbonyl (C=O) groups is 3. The summed E-state index contributed by atoms with van der Waals surface area (Å²) in [6, 6.07) is 6.69. The van der Waals surface area contributed by atoms with Crippen LogP contribution < -0.4 is 10.2 Å². The molecule has 0 aliphatic carbocycles. The summed E-state index contributed by atoms with van der Waals surface area (Å²) in [5.74, 6) is -0.544. The van der Waals surface area contributed by atoms with Crippen molar-refractivity contribution in [1.82, 2.24) is 5.16 Å². The molecule has 0 saturated heterocycles. The van der Waals surface area contributed by atoms with E-state index < -0.39 is 18.5 Å². The predicted octanol–water partition coefficient (Wildman–Crippen LogP) is 2.14. The minimum Gasteiger partial charge on any atom is -0.455 e. The number of nitrogens with zero attached hydrogens (tertiary/aromatic N) is 2. The third-order valence-electron chi connectivity index (χ3n) is 4.49. The highest BCUT2D eigenvalue weighted by molar-refractivity contribution is 6.05. The molecular weight excluding hydrogens is 350 g/mol. The van der Waals surface area contributed by atoms with E-state index in [0.717, 1.165) is 0 Å². The maximum absolute atomic E-state index is 12.8. The van der Waals surface area contributed by atoms with Gasteiger partial charge in [-0.2, -0.15) is 0 Å². The van der Waals surface area contributed by atoms with Crippen molar-refractivity contribution >= 4 is 29.2 Å². The molecule has 1 aliphatic heterocycles. The lowest BCUT2D eigenvalue weighted by Crippen LogP contribution is -2.41. The number of aryl methyl sites for hydroxylation is 2.